The number of sulfonamides is 1. The number of unbranched alkanes of at least 4 members (excludes halogenated alkanes) is 1. The van der Waals surface area contributed by atoms with Gasteiger partial charge in [0.25, 0.3) is 0 Å². The Hall–Kier alpha value is -1.71. The van der Waals surface area contributed by atoms with Crippen molar-refractivity contribution in [2.24, 2.45) is 0 Å². The second-order valence-electron chi connectivity index (χ2n) is 7.91. The molecule has 1 N–H and O–H groups in total. The first kappa shape index (κ1) is 29.5. The highest BCUT2D eigenvalue weighted by Crippen LogP contribution is 2.31. The zero-order valence-electron chi connectivity index (χ0n) is 19.5. The van der Waals surface area contributed by atoms with Crippen LogP contribution in [0, 0.1) is 0 Å². The zero-order valence-corrected chi connectivity index (χ0v) is 23.4. The average molecular weight is 583 g/mol. The maximum Gasteiger partial charge on any atom is 0.244 e. The molecule has 0 radical (unpaired) electrons. The summed E-state index contributed by atoms with van der Waals surface area (Å²) in [6, 6.07) is 8.22. The number of rotatable bonds is 11. The van der Waals surface area contributed by atoms with E-state index in [9.17, 15) is 18.0 Å². The van der Waals surface area contributed by atoms with Gasteiger partial charge in [-0.25, -0.2) is 8.42 Å². The third-order valence-corrected chi connectivity index (χ3v) is 7.62. The Morgan fingerprint density at radius 3 is 2.20 bits per heavy atom. The van der Waals surface area contributed by atoms with Gasteiger partial charge in [-0.2, -0.15) is 0 Å². The summed E-state index contributed by atoms with van der Waals surface area (Å²) in [5.74, 6) is -1.03. The normalized spacial score (nSPS) is 12.2. The first-order chi connectivity index (χ1) is 16.4. The Labute approximate surface area is 226 Å². The van der Waals surface area contributed by atoms with Crippen LogP contribution >= 0.6 is 46.4 Å². The van der Waals surface area contributed by atoms with Crippen molar-refractivity contribution in [1.29, 1.82) is 0 Å². The molecule has 0 heterocycles. The van der Waals surface area contributed by atoms with E-state index in [4.69, 9.17) is 46.4 Å². The summed E-state index contributed by atoms with van der Waals surface area (Å²) >= 11 is 24.8. The SMILES string of the molecule is CCCCNC(=O)[C@@H](C)N(Cc1c(Cl)cccc1Cl)C(=O)CN(c1ccc(Cl)cc1Cl)S(C)(=O)=O. The van der Waals surface area contributed by atoms with Gasteiger partial charge in [0, 0.05) is 33.7 Å². The minimum Gasteiger partial charge on any atom is -0.354 e. The van der Waals surface area contributed by atoms with Gasteiger partial charge in [-0.05, 0) is 43.7 Å². The van der Waals surface area contributed by atoms with E-state index >= 15 is 0 Å². The smallest absolute Gasteiger partial charge is 0.244 e. The van der Waals surface area contributed by atoms with Crippen LogP contribution in [0.3, 0.4) is 0 Å². The van der Waals surface area contributed by atoms with Crippen LogP contribution in [0.1, 0.15) is 32.3 Å². The van der Waals surface area contributed by atoms with E-state index in [1.54, 1.807) is 25.1 Å². The lowest BCUT2D eigenvalue weighted by molar-refractivity contribution is -0.139. The summed E-state index contributed by atoms with van der Waals surface area (Å²) in [5.41, 5.74) is 0.524. The number of anilines is 1. The van der Waals surface area contributed by atoms with E-state index in [0.717, 1.165) is 23.4 Å². The molecular formula is C23H27Cl4N3O4S. The van der Waals surface area contributed by atoms with Crippen LogP contribution in [-0.2, 0) is 26.2 Å². The number of hydrogen-bond acceptors (Lipinski definition) is 4. The highest BCUT2D eigenvalue weighted by molar-refractivity contribution is 7.92. The van der Waals surface area contributed by atoms with Crippen molar-refractivity contribution in [2.45, 2.75) is 39.3 Å². The molecular weight excluding hydrogens is 556 g/mol. The molecule has 2 aromatic rings. The van der Waals surface area contributed by atoms with Gasteiger partial charge in [-0.15, -0.1) is 0 Å². The zero-order chi connectivity index (χ0) is 26.3. The number of amides is 2. The summed E-state index contributed by atoms with van der Waals surface area (Å²) in [5, 5.41) is 3.79. The van der Waals surface area contributed by atoms with E-state index in [-0.39, 0.29) is 23.2 Å². The molecule has 0 aliphatic rings. The third kappa shape index (κ3) is 8.15. The monoisotopic (exact) mass is 581 g/mol. The maximum absolute atomic E-state index is 13.5. The van der Waals surface area contributed by atoms with Gasteiger partial charge in [-0.3, -0.25) is 13.9 Å². The molecule has 7 nitrogen and oxygen atoms in total. The van der Waals surface area contributed by atoms with Crippen LogP contribution in [0.5, 0.6) is 0 Å². The molecule has 0 aromatic heterocycles. The quantitative estimate of drug-likeness (QED) is 0.359. The number of carbonyl (C=O) groups excluding carboxylic acids is 2. The summed E-state index contributed by atoms with van der Waals surface area (Å²) in [6.07, 6.45) is 2.62. The summed E-state index contributed by atoms with van der Waals surface area (Å²) < 4.78 is 26.1. The highest BCUT2D eigenvalue weighted by atomic mass is 35.5. The Kier molecular flexibility index (Phi) is 11.0. The topological polar surface area (TPSA) is 86.8 Å². The minimum absolute atomic E-state index is 0.0572. The van der Waals surface area contributed by atoms with E-state index < -0.39 is 28.5 Å². The van der Waals surface area contributed by atoms with Crippen LogP contribution in [0.4, 0.5) is 5.69 Å². The standard InChI is InChI=1S/C23H27Cl4N3O4S/c1-4-5-11-28-23(32)15(2)29(13-17-18(25)7-6-8-19(17)26)22(31)14-30(35(3,33)34)21-10-9-16(24)12-20(21)27/h6-10,12,15H,4-5,11,13-14H2,1-3H3,(H,28,32)/t15-/m1/s1. The number of nitrogens with zero attached hydrogens (tertiary/aromatic N) is 2. The van der Waals surface area contributed by atoms with Crippen molar-refractivity contribution in [3.05, 3.63) is 62.1 Å². The number of carbonyl (C=O) groups is 2. The first-order valence-electron chi connectivity index (χ1n) is 10.8. The lowest BCUT2D eigenvalue weighted by atomic mass is 10.1. The molecule has 0 aliphatic heterocycles. The molecule has 2 amide bonds. The summed E-state index contributed by atoms with van der Waals surface area (Å²) in [4.78, 5) is 27.6. The highest BCUT2D eigenvalue weighted by Gasteiger charge is 2.31. The van der Waals surface area contributed by atoms with Crippen LogP contribution in [-0.4, -0.2) is 50.5 Å². The molecule has 0 fully saturated rings. The predicted molar refractivity (Wildman–Crippen MR) is 143 cm³/mol. The van der Waals surface area contributed by atoms with Crippen LogP contribution in [0.25, 0.3) is 0 Å². The molecule has 0 aliphatic carbocycles. The number of halogens is 4. The van der Waals surface area contributed by atoms with E-state index in [0.29, 0.717) is 27.2 Å². The molecule has 0 unspecified atom stereocenters. The molecule has 35 heavy (non-hydrogen) atoms. The van der Waals surface area contributed by atoms with Crippen LogP contribution < -0.4 is 9.62 Å². The van der Waals surface area contributed by atoms with Crippen molar-refractivity contribution in [3.8, 4) is 0 Å². The number of nitrogens with one attached hydrogen (secondary N) is 1. The van der Waals surface area contributed by atoms with Gasteiger partial charge >= 0.3 is 0 Å². The third-order valence-electron chi connectivity index (χ3n) is 5.24. The van der Waals surface area contributed by atoms with E-state index in [1.165, 1.54) is 23.1 Å². The number of benzene rings is 2. The van der Waals surface area contributed by atoms with Crippen molar-refractivity contribution in [3.63, 3.8) is 0 Å². The second-order valence-corrected chi connectivity index (χ2v) is 11.5. The minimum atomic E-state index is -3.93. The largest absolute Gasteiger partial charge is 0.354 e. The lowest BCUT2D eigenvalue weighted by Gasteiger charge is -2.32. The van der Waals surface area contributed by atoms with E-state index in [1.807, 2.05) is 6.92 Å². The van der Waals surface area contributed by atoms with Gasteiger partial charge in [0.1, 0.15) is 12.6 Å². The predicted octanol–water partition coefficient (Wildman–Crippen LogP) is 5.40. The molecule has 2 rings (SSSR count). The van der Waals surface area contributed by atoms with E-state index in [2.05, 4.69) is 5.32 Å². The lowest BCUT2D eigenvalue weighted by Crippen LogP contribution is -2.51. The fourth-order valence-electron chi connectivity index (χ4n) is 3.25. The molecule has 1 atom stereocenters. The van der Waals surface area contributed by atoms with Crippen LogP contribution in [0.15, 0.2) is 36.4 Å². The fourth-order valence-corrected chi connectivity index (χ4v) is 5.19. The van der Waals surface area contributed by atoms with Gasteiger partial charge in [0.05, 0.1) is 17.0 Å². The Morgan fingerprint density at radius 2 is 1.66 bits per heavy atom. The molecule has 2 aromatic carbocycles. The average Bonchev–Trinajstić information content (AvgIpc) is 2.76. The van der Waals surface area contributed by atoms with Crippen molar-refractivity contribution < 1.29 is 18.0 Å². The van der Waals surface area contributed by atoms with Crippen molar-refractivity contribution in [1.82, 2.24) is 10.2 Å². The summed E-state index contributed by atoms with van der Waals surface area (Å²) in [7, 11) is -3.93. The second kappa shape index (κ2) is 13.0. The molecule has 0 bridgehead atoms. The molecule has 0 spiro atoms. The summed E-state index contributed by atoms with van der Waals surface area (Å²) in [6.45, 7) is 3.29. The van der Waals surface area contributed by atoms with Gasteiger partial charge in [0.2, 0.25) is 21.8 Å². The van der Waals surface area contributed by atoms with Crippen LogP contribution in [0.2, 0.25) is 20.1 Å². The van der Waals surface area contributed by atoms with Crippen molar-refractivity contribution >= 4 is 73.9 Å². The Balaban J connectivity index is 2.44. The van der Waals surface area contributed by atoms with Crippen molar-refractivity contribution in [2.75, 3.05) is 23.7 Å². The molecule has 0 saturated heterocycles. The van der Waals surface area contributed by atoms with Gasteiger partial charge in [-0.1, -0.05) is 65.8 Å². The maximum atomic E-state index is 13.5. The molecule has 12 heteroatoms. The first-order valence-corrected chi connectivity index (χ1v) is 14.2. The number of hydrogen-bond donors (Lipinski definition) is 1. The van der Waals surface area contributed by atoms with Gasteiger partial charge < -0.3 is 10.2 Å². The Bertz CT molecular complexity index is 1160. The molecule has 0 saturated carbocycles. The Morgan fingerprint density at radius 1 is 1.03 bits per heavy atom. The van der Waals surface area contributed by atoms with Gasteiger partial charge in [0.15, 0.2) is 0 Å². The molecule has 192 valence electrons. The fraction of sp³-hybridized carbons (Fsp3) is 0.391.